The van der Waals surface area contributed by atoms with Crippen LogP contribution in [0, 0.1) is 6.92 Å². The van der Waals surface area contributed by atoms with Gasteiger partial charge >= 0.3 is 6.09 Å². The van der Waals surface area contributed by atoms with Gasteiger partial charge in [-0.2, -0.15) is 0 Å². The Bertz CT molecular complexity index is 1350. The number of ether oxygens (including phenoxy) is 1. The molecule has 4 heterocycles. The molecule has 4 aromatic rings. The van der Waals surface area contributed by atoms with Crippen LogP contribution in [0.2, 0.25) is 0 Å². The number of rotatable bonds is 3. The molecule has 152 valence electrons. The summed E-state index contributed by atoms with van der Waals surface area (Å²) in [5.74, 6) is 0.961. The monoisotopic (exact) mass is 422 g/mol. The van der Waals surface area contributed by atoms with E-state index in [0.29, 0.717) is 47.7 Å². The summed E-state index contributed by atoms with van der Waals surface area (Å²) in [6.45, 7) is 2.63. The average molecular weight is 422 g/mol. The zero-order valence-electron chi connectivity index (χ0n) is 16.1. The normalized spacial score (nSPS) is 16.4. The molecule has 1 aromatic carbocycles. The van der Waals surface area contributed by atoms with Crippen molar-refractivity contribution in [3.8, 4) is 17.3 Å². The molecule has 0 bridgehead atoms. The van der Waals surface area contributed by atoms with Gasteiger partial charge < -0.3 is 19.7 Å². The van der Waals surface area contributed by atoms with Gasteiger partial charge in [0.05, 0.1) is 17.4 Å². The second-order valence-electron chi connectivity index (χ2n) is 7.34. The fourth-order valence-corrected chi connectivity index (χ4v) is 4.55. The minimum absolute atomic E-state index is 0.231. The lowest BCUT2D eigenvalue weighted by Gasteiger charge is -2.15. The number of aryl methyl sites for hydroxylation is 1. The highest BCUT2D eigenvalue weighted by atomic mass is 32.1. The predicted octanol–water partition coefficient (Wildman–Crippen LogP) is 3.64. The van der Waals surface area contributed by atoms with Crippen LogP contribution < -0.4 is 10.3 Å². The van der Waals surface area contributed by atoms with Crippen LogP contribution in [0.1, 0.15) is 12.0 Å². The first-order chi connectivity index (χ1) is 14.5. The fraction of sp³-hybridized carbons (Fsp3) is 0.238. The second-order valence-corrected chi connectivity index (χ2v) is 8.28. The average Bonchev–Trinajstić information content (AvgIpc) is 3.37. The number of amides is 1. The number of hydrogen-bond donors (Lipinski definition) is 2. The Morgan fingerprint density at radius 3 is 3.03 bits per heavy atom. The Morgan fingerprint density at radius 1 is 1.37 bits per heavy atom. The van der Waals surface area contributed by atoms with Crippen molar-refractivity contribution in [3.05, 3.63) is 51.8 Å². The zero-order valence-corrected chi connectivity index (χ0v) is 16.9. The van der Waals surface area contributed by atoms with Gasteiger partial charge in [-0.05, 0) is 42.1 Å². The summed E-state index contributed by atoms with van der Waals surface area (Å²) in [7, 11) is 0. The molecule has 0 spiro atoms. The maximum absolute atomic E-state index is 12.8. The fourth-order valence-electron chi connectivity index (χ4n) is 3.75. The van der Waals surface area contributed by atoms with Gasteiger partial charge in [-0.15, -0.1) is 11.3 Å². The smallest absolute Gasteiger partial charge is 0.407 e. The summed E-state index contributed by atoms with van der Waals surface area (Å²) in [4.78, 5) is 37.1. The molecule has 1 aliphatic heterocycles. The Balaban J connectivity index is 1.50. The highest BCUT2D eigenvalue weighted by Crippen LogP contribution is 2.27. The van der Waals surface area contributed by atoms with E-state index in [1.54, 1.807) is 23.6 Å². The minimum Gasteiger partial charge on any atom is -0.488 e. The van der Waals surface area contributed by atoms with Crippen molar-refractivity contribution in [2.75, 3.05) is 13.1 Å². The standard InChI is InChI=1S/C21H18N4O4S/c1-11-6-14(29-13-2-4-25(10-13)21(27)28)7-15-18(11)23-19(24-20(15)26)16-8-17-12(9-22-16)3-5-30-17/h3,5-9,13H,2,4,10H2,1H3,(H,27,28)(H,23,24,26)/t13-/m1/s1. The van der Waals surface area contributed by atoms with Gasteiger partial charge in [0.1, 0.15) is 17.5 Å². The molecule has 30 heavy (non-hydrogen) atoms. The van der Waals surface area contributed by atoms with E-state index in [0.717, 1.165) is 15.6 Å². The van der Waals surface area contributed by atoms with Crippen LogP contribution in [0.3, 0.4) is 0 Å². The lowest BCUT2D eigenvalue weighted by Crippen LogP contribution is -2.29. The van der Waals surface area contributed by atoms with E-state index in [4.69, 9.17) is 9.84 Å². The van der Waals surface area contributed by atoms with E-state index in [-0.39, 0.29) is 11.7 Å². The molecule has 5 rings (SSSR count). The number of carboxylic acid groups (broad SMARTS) is 1. The van der Waals surface area contributed by atoms with E-state index in [2.05, 4.69) is 15.0 Å². The number of aromatic amines is 1. The van der Waals surface area contributed by atoms with Crippen LogP contribution in [0.25, 0.3) is 32.5 Å². The Hall–Kier alpha value is -3.46. The number of carbonyl (C=O) groups is 1. The molecule has 2 N–H and O–H groups in total. The van der Waals surface area contributed by atoms with Crippen LogP contribution in [-0.4, -0.2) is 50.2 Å². The molecule has 0 radical (unpaired) electrons. The van der Waals surface area contributed by atoms with Crippen molar-refractivity contribution < 1.29 is 14.6 Å². The van der Waals surface area contributed by atoms with E-state index in [1.807, 2.05) is 30.5 Å². The molecule has 1 fully saturated rings. The highest BCUT2D eigenvalue weighted by Gasteiger charge is 2.27. The van der Waals surface area contributed by atoms with Gasteiger partial charge in [-0.3, -0.25) is 9.78 Å². The quantitative estimate of drug-likeness (QED) is 0.522. The first-order valence-corrected chi connectivity index (χ1v) is 10.4. The molecule has 0 aliphatic carbocycles. The molecule has 8 nitrogen and oxygen atoms in total. The second kappa shape index (κ2) is 7.10. The SMILES string of the molecule is Cc1cc(O[C@@H]2CCN(C(=O)O)C2)cc2c(=O)[nH]c(-c3cc4sccc4cn3)nc12. The molecule has 9 heteroatoms. The molecule has 0 unspecified atom stereocenters. The van der Waals surface area contributed by atoms with Crippen LogP contribution in [0.15, 0.2) is 40.6 Å². The van der Waals surface area contributed by atoms with Crippen molar-refractivity contribution in [2.24, 2.45) is 0 Å². The maximum atomic E-state index is 12.8. The Kier molecular flexibility index (Phi) is 4.39. The van der Waals surface area contributed by atoms with E-state index < -0.39 is 6.09 Å². The van der Waals surface area contributed by atoms with Crippen molar-refractivity contribution in [1.82, 2.24) is 19.9 Å². The van der Waals surface area contributed by atoms with Gasteiger partial charge in [0.25, 0.3) is 5.56 Å². The zero-order chi connectivity index (χ0) is 20.8. The van der Waals surface area contributed by atoms with E-state index >= 15 is 0 Å². The maximum Gasteiger partial charge on any atom is 0.407 e. The molecule has 1 amide bonds. The number of fused-ring (bicyclic) bond motifs is 2. The third-order valence-corrected chi connectivity index (χ3v) is 6.15. The Morgan fingerprint density at radius 2 is 2.23 bits per heavy atom. The molecule has 1 atom stereocenters. The third-order valence-electron chi connectivity index (χ3n) is 5.27. The van der Waals surface area contributed by atoms with Crippen molar-refractivity contribution >= 4 is 38.4 Å². The molecule has 1 saturated heterocycles. The number of likely N-dealkylation sites (tertiary alicyclic amines) is 1. The summed E-state index contributed by atoms with van der Waals surface area (Å²) < 4.78 is 7.04. The van der Waals surface area contributed by atoms with Gasteiger partial charge in [0.2, 0.25) is 0 Å². The lowest BCUT2D eigenvalue weighted by atomic mass is 10.1. The number of hydrogen-bond acceptors (Lipinski definition) is 6. The first kappa shape index (κ1) is 18.6. The summed E-state index contributed by atoms with van der Waals surface area (Å²) >= 11 is 1.61. The minimum atomic E-state index is -0.946. The summed E-state index contributed by atoms with van der Waals surface area (Å²) in [5.41, 5.74) is 1.74. The summed E-state index contributed by atoms with van der Waals surface area (Å²) in [6, 6.07) is 7.42. The van der Waals surface area contributed by atoms with Crippen LogP contribution in [0.4, 0.5) is 4.79 Å². The van der Waals surface area contributed by atoms with E-state index in [9.17, 15) is 9.59 Å². The number of aromatic nitrogens is 3. The lowest BCUT2D eigenvalue weighted by molar-refractivity contribution is 0.145. The van der Waals surface area contributed by atoms with Gasteiger partial charge in [-0.1, -0.05) is 0 Å². The predicted molar refractivity (Wildman–Crippen MR) is 114 cm³/mol. The summed E-state index contributed by atoms with van der Waals surface area (Å²) in [6.07, 6.45) is 1.22. The third kappa shape index (κ3) is 3.26. The molecular formula is C21H18N4O4S. The largest absolute Gasteiger partial charge is 0.488 e. The summed E-state index contributed by atoms with van der Waals surface area (Å²) in [5, 5.41) is 12.6. The van der Waals surface area contributed by atoms with Crippen LogP contribution in [-0.2, 0) is 0 Å². The topological polar surface area (TPSA) is 108 Å². The number of nitrogens with one attached hydrogen (secondary N) is 1. The van der Waals surface area contributed by atoms with Crippen LogP contribution in [0.5, 0.6) is 5.75 Å². The number of H-pyrrole nitrogens is 1. The molecule has 1 aliphatic rings. The van der Waals surface area contributed by atoms with Crippen LogP contribution >= 0.6 is 11.3 Å². The number of nitrogens with zero attached hydrogens (tertiary/aromatic N) is 3. The number of thiophene rings is 1. The van der Waals surface area contributed by atoms with Crippen molar-refractivity contribution in [1.29, 1.82) is 0 Å². The number of pyridine rings is 1. The first-order valence-electron chi connectivity index (χ1n) is 9.51. The molecular weight excluding hydrogens is 404 g/mol. The van der Waals surface area contributed by atoms with Gasteiger partial charge in [0.15, 0.2) is 5.82 Å². The van der Waals surface area contributed by atoms with Gasteiger partial charge in [0, 0.05) is 29.2 Å². The highest BCUT2D eigenvalue weighted by molar-refractivity contribution is 7.17. The Labute approximate surface area is 174 Å². The molecule has 3 aromatic heterocycles. The van der Waals surface area contributed by atoms with Gasteiger partial charge in [-0.25, -0.2) is 9.78 Å². The van der Waals surface area contributed by atoms with Crippen molar-refractivity contribution in [2.45, 2.75) is 19.4 Å². The number of benzene rings is 1. The van der Waals surface area contributed by atoms with E-state index in [1.165, 1.54) is 4.90 Å². The van der Waals surface area contributed by atoms with Crippen molar-refractivity contribution in [3.63, 3.8) is 0 Å². The molecule has 0 saturated carbocycles.